The van der Waals surface area contributed by atoms with E-state index >= 15 is 0 Å². The van der Waals surface area contributed by atoms with Crippen LogP contribution in [0.15, 0.2) is 109 Å². The highest BCUT2D eigenvalue weighted by molar-refractivity contribution is 7.47. The minimum atomic E-state index is -4.46. The van der Waals surface area contributed by atoms with Gasteiger partial charge >= 0.3 is 13.8 Å². The van der Waals surface area contributed by atoms with Gasteiger partial charge in [0.05, 0.1) is 33.8 Å². The summed E-state index contributed by atoms with van der Waals surface area (Å²) >= 11 is 0. The Kier molecular flexibility index (Phi) is 59.3. The molecule has 0 saturated carbocycles. The lowest BCUT2D eigenvalue weighted by atomic mass is 10.0. The molecule has 0 aliphatic rings. The quantitative estimate of drug-likeness (QED) is 0.0205. The van der Waals surface area contributed by atoms with Gasteiger partial charge < -0.3 is 19.4 Å². The Morgan fingerprint density at radius 1 is 0.434 bits per heavy atom. The van der Waals surface area contributed by atoms with Crippen molar-refractivity contribution in [3.8, 4) is 0 Å². The van der Waals surface area contributed by atoms with Crippen LogP contribution in [0.1, 0.15) is 290 Å². The molecule has 9 nitrogen and oxygen atoms in total. The second kappa shape index (κ2) is 61.7. The number of phosphoric ester groups is 1. The zero-order valence-electron chi connectivity index (χ0n) is 54.7. The number of nitrogens with zero attached hydrogens (tertiary/aromatic N) is 1. The van der Waals surface area contributed by atoms with Crippen LogP contribution in [0, 0.1) is 0 Å². The summed E-state index contributed by atoms with van der Waals surface area (Å²) < 4.78 is 30.8. The highest BCUT2D eigenvalue weighted by Gasteiger charge is 2.30. The van der Waals surface area contributed by atoms with Gasteiger partial charge in [-0.1, -0.05) is 272 Å². The zero-order valence-corrected chi connectivity index (χ0v) is 55.6. The van der Waals surface area contributed by atoms with Crippen molar-refractivity contribution in [2.75, 3.05) is 40.9 Å². The Morgan fingerprint density at radius 2 is 0.771 bits per heavy atom. The first-order valence-electron chi connectivity index (χ1n) is 34.2. The van der Waals surface area contributed by atoms with E-state index in [2.05, 4.69) is 123 Å². The Hall–Kier alpha value is -3.33. The maximum Gasteiger partial charge on any atom is 0.472 e. The minimum absolute atomic E-state index is 0.0330. The van der Waals surface area contributed by atoms with Crippen molar-refractivity contribution >= 4 is 19.7 Å². The molecular formula is C73H130N2O7P+. The number of carbonyl (C=O) groups excluding carboxylic acids is 2. The fraction of sp³-hybridized carbons (Fsp3) is 0.726. The second-order valence-electron chi connectivity index (χ2n) is 24.0. The summed E-state index contributed by atoms with van der Waals surface area (Å²) in [5, 5.41) is 3.06. The number of nitrogens with one attached hydrogen (secondary N) is 1. The summed E-state index contributed by atoms with van der Waals surface area (Å²) in [7, 11) is 1.48. The van der Waals surface area contributed by atoms with Crippen molar-refractivity contribution in [3.63, 3.8) is 0 Å². The van der Waals surface area contributed by atoms with Crippen molar-refractivity contribution in [1.82, 2.24) is 5.32 Å². The number of likely N-dealkylation sites (N-methyl/N-ethyl adjacent to an activating group) is 1. The Balaban J connectivity index is 5.09. The molecule has 0 fully saturated rings. The number of rotatable bonds is 61. The molecule has 0 saturated heterocycles. The number of amides is 1. The van der Waals surface area contributed by atoms with E-state index in [1.54, 1.807) is 0 Å². The third-order valence-electron chi connectivity index (χ3n) is 14.7. The number of quaternary nitrogens is 1. The van der Waals surface area contributed by atoms with Crippen LogP contribution < -0.4 is 5.32 Å². The van der Waals surface area contributed by atoms with Crippen molar-refractivity contribution in [3.05, 3.63) is 109 Å². The largest absolute Gasteiger partial charge is 0.472 e. The number of allylic oxidation sites excluding steroid dienone is 17. The summed E-state index contributed by atoms with van der Waals surface area (Å²) in [5.74, 6) is -0.521. The van der Waals surface area contributed by atoms with E-state index < -0.39 is 20.0 Å². The van der Waals surface area contributed by atoms with Gasteiger partial charge in [0, 0.05) is 12.8 Å². The van der Waals surface area contributed by atoms with Crippen LogP contribution in [0.5, 0.6) is 0 Å². The lowest BCUT2D eigenvalue weighted by Crippen LogP contribution is -2.47. The Bertz CT molecular complexity index is 1790. The van der Waals surface area contributed by atoms with E-state index in [4.69, 9.17) is 13.8 Å². The number of phosphoric acid groups is 1. The zero-order chi connectivity index (χ0) is 60.7. The van der Waals surface area contributed by atoms with Crippen molar-refractivity contribution in [1.29, 1.82) is 0 Å². The third-order valence-corrected chi connectivity index (χ3v) is 15.7. The number of esters is 1. The standard InChI is InChI=1S/C73H129N2O7P/c1-7-10-13-16-19-22-25-27-29-31-33-34-35-36-37-38-39-40-42-43-45-47-50-53-56-59-62-65-72(76)74-70(69-81-83(78,79)80-68-67-75(4,5)6)71(64-61-58-55-52-49-24-21-18-15-12-9-3)82-73(77)66-63-60-57-54-51-48-46-44-41-32-30-28-26-23-20-17-14-11-8-2/h10,13,19-20,22-23,27-30,33-34,36-37,39-40,61,64,70-71H,7-9,11-12,14-18,21,24-26,31-32,35,38,41-60,62-63,65-69H2,1-6H3,(H-,74,76,78,79)/p+1/b13-10-,22-19-,23-20-,29-27-,30-28-,34-33-,37-36-,40-39-,64-61-. The number of unbranched alkanes of at least 4 members (excludes halogenated alkanes) is 29. The molecule has 2 N–H and O–H groups in total. The summed E-state index contributed by atoms with van der Waals surface area (Å²) in [5.41, 5.74) is 0. The molecule has 0 aliphatic carbocycles. The van der Waals surface area contributed by atoms with Gasteiger partial charge in [0.25, 0.3) is 0 Å². The minimum Gasteiger partial charge on any atom is -0.456 e. The van der Waals surface area contributed by atoms with Gasteiger partial charge in [0.15, 0.2) is 0 Å². The van der Waals surface area contributed by atoms with E-state index in [1.165, 1.54) is 141 Å². The van der Waals surface area contributed by atoms with E-state index in [0.717, 1.165) is 116 Å². The predicted molar refractivity (Wildman–Crippen MR) is 360 cm³/mol. The molecular weight excluding hydrogens is 1050 g/mol. The summed E-state index contributed by atoms with van der Waals surface area (Å²) in [6.45, 7) is 6.87. The molecule has 0 aromatic heterocycles. The molecule has 0 aromatic rings. The number of hydrogen-bond acceptors (Lipinski definition) is 6. The topological polar surface area (TPSA) is 111 Å². The third kappa shape index (κ3) is 63.0. The highest BCUT2D eigenvalue weighted by atomic mass is 31.2. The van der Waals surface area contributed by atoms with Crippen LogP contribution in [-0.2, 0) is 27.9 Å². The fourth-order valence-electron chi connectivity index (χ4n) is 9.44. The predicted octanol–water partition coefficient (Wildman–Crippen LogP) is 21.7. The molecule has 0 spiro atoms. The molecule has 10 heteroatoms. The molecule has 0 heterocycles. The molecule has 478 valence electrons. The number of hydrogen-bond donors (Lipinski definition) is 2. The number of ether oxygens (including phenoxy) is 1. The average molecular weight is 1180 g/mol. The van der Waals surface area contributed by atoms with Crippen molar-refractivity contribution in [2.24, 2.45) is 0 Å². The van der Waals surface area contributed by atoms with Gasteiger partial charge in [0.2, 0.25) is 5.91 Å². The smallest absolute Gasteiger partial charge is 0.456 e. The molecule has 0 aromatic carbocycles. The molecule has 3 atom stereocenters. The second-order valence-corrected chi connectivity index (χ2v) is 25.4. The molecule has 0 rings (SSSR count). The van der Waals surface area contributed by atoms with E-state index in [1.807, 2.05) is 33.3 Å². The lowest BCUT2D eigenvalue weighted by molar-refractivity contribution is -0.870. The molecule has 1 amide bonds. The average Bonchev–Trinajstić information content (AvgIpc) is 3.51. The molecule has 83 heavy (non-hydrogen) atoms. The van der Waals surface area contributed by atoms with Crippen LogP contribution in [0.3, 0.4) is 0 Å². The highest BCUT2D eigenvalue weighted by Crippen LogP contribution is 2.43. The van der Waals surface area contributed by atoms with Gasteiger partial charge in [-0.2, -0.15) is 0 Å². The molecule has 0 bridgehead atoms. The van der Waals surface area contributed by atoms with Gasteiger partial charge in [0.1, 0.15) is 19.3 Å². The van der Waals surface area contributed by atoms with Crippen molar-refractivity contribution in [2.45, 2.75) is 303 Å². The van der Waals surface area contributed by atoms with Gasteiger partial charge in [-0.05, 0) is 115 Å². The summed E-state index contributed by atoms with van der Waals surface area (Å²) in [4.78, 5) is 37.8. The number of carbonyl (C=O) groups is 2. The maximum atomic E-state index is 13.6. The van der Waals surface area contributed by atoms with Gasteiger partial charge in [-0.25, -0.2) is 4.57 Å². The summed E-state index contributed by atoms with van der Waals surface area (Å²) in [6.07, 6.45) is 85.2. The van der Waals surface area contributed by atoms with Crippen LogP contribution in [0.4, 0.5) is 0 Å². The fourth-order valence-corrected chi connectivity index (χ4v) is 10.2. The first-order valence-corrected chi connectivity index (χ1v) is 35.7. The van der Waals surface area contributed by atoms with E-state index in [9.17, 15) is 19.0 Å². The molecule has 3 unspecified atom stereocenters. The normalized spacial score (nSPS) is 14.3. The first-order chi connectivity index (χ1) is 40.4. The summed E-state index contributed by atoms with van der Waals surface area (Å²) in [6, 6.07) is -0.862. The Labute approximate surface area is 512 Å². The lowest BCUT2D eigenvalue weighted by Gasteiger charge is -2.27. The van der Waals surface area contributed by atoms with Gasteiger partial charge in [-0.3, -0.25) is 18.6 Å². The maximum absolute atomic E-state index is 13.6. The van der Waals surface area contributed by atoms with E-state index in [0.29, 0.717) is 17.4 Å². The molecule has 0 radical (unpaired) electrons. The molecule has 0 aliphatic heterocycles. The first kappa shape index (κ1) is 79.7. The van der Waals surface area contributed by atoms with Gasteiger partial charge in [-0.15, -0.1) is 0 Å². The monoisotopic (exact) mass is 1180 g/mol. The Morgan fingerprint density at radius 3 is 1.18 bits per heavy atom. The van der Waals surface area contributed by atoms with Crippen LogP contribution in [-0.4, -0.2) is 74.3 Å². The van der Waals surface area contributed by atoms with Crippen LogP contribution in [0.2, 0.25) is 0 Å². The van der Waals surface area contributed by atoms with E-state index in [-0.39, 0.29) is 31.5 Å². The van der Waals surface area contributed by atoms with Crippen LogP contribution in [0.25, 0.3) is 0 Å². The van der Waals surface area contributed by atoms with Crippen molar-refractivity contribution < 1.29 is 37.3 Å². The SMILES string of the molecule is CC/C=C\C/C=C\C/C=C\C/C=C\C/C=C\C/C=C\CCCCCCCCCCC(=O)NC(COP(=O)(O)OCC[N+](C)(C)C)C(/C=C\CCCCCCCCCCC)OC(=O)CCCCCCCCCCC/C=C\C/C=C\CCCCC. The van der Waals surface area contributed by atoms with Crippen LogP contribution >= 0.6 is 7.82 Å².